The fraction of sp³-hybridized carbons (Fsp3) is 0.327. The van der Waals surface area contributed by atoms with E-state index in [1.165, 1.54) is 82.2 Å². The van der Waals surface area contributed by atoms with Crippen molar-refractivity contribution in [3.8, 4) is 43.4 Å². The van der Waals surface area contributed by atoms with Gasteiger partial charge >= 0.3 is 6.09 Å². The summed E-state index contributed by atoms with van der Waals surface area (Å²) in [7, 11) is 2.97. The van der Waals surface area contributed by atoms with Crippen molar-refractivity contribution in [1.29, 1.82) is 0 Å². The lowest BCUT2D eigenvalue weighted by Gasteiger charge is -2.23. The molecule has 0 aliphatic carbocycles. The molecule has 7 aromatic heterocycles. The highest BCUT2D eigenvalue weighted by Crippen LogP contribution is 2.41. The molecular formula is C52H53N13O9S6. The summed E-state index contributed by atoms with van der Waals surface area (Å²) in [6, 6.07) is 10.3. The van der Waals surface area contributed by atoms with E-state index in [0.29, 0.717) is 86.7 Å². The van der Waals surface area contributed by atoms with Crippen LogP contribution in [0.2, 0.25) is 0 Å². The molecule has 1 aromatic carbocycles. The second kappa shape index (κ2) is 26.0. The first-order chi connectivity index (χ1) is 38.6. The molecule has 8 N–H and O–H groups in total. The Morgan fingerprint density at radius 3 is 2.26 bits per heavy atom. The number of ether oxygens (including phenoxy) is 2. The summed E-state index contributed by atoms with van der Waals surface area (Å²) in [6.07, 6.45) is -1.67. The first-order valence-electron chi connectivity index (χ1n) is 24.9. The molecule has 0 radical (unpaired) electrons. The van der Waals surface area contributed by atoms with Crippen molar-refractivity contribution in [2.45, 2.75) is 70.7 Å². The molecule has 0 unspecified atom stereocenters. The zero-order valence-electron chi connectivity index (χ0n) is 43.6. The SMILES string of the molecule is CNC(=O)C[C@@H]1NC(=O)c2csc(n2)-c2ccc(-c3nc(NC(=O)OCCCN)cs3)nc2-c2csc(n2)-c2csc(n2)[C@H]([C@@H](O)c2ccccc2)NC(=O)CNC(=O)c2nc(sc2COC)[C@@H](C(C)C)CC(=O)c2nc1sc2C. The third kappa shape index (κ3) is 13.4. The van der Waals surface area contributed by atoms with E-state index >= 15 is 0 Å². The molecule has 28 heteroatoms. The monoisotopic (exact) mass is 1200 g/mol. The molecule has 8 aromatic rings. The van der Waals surface area contributed by atoms with Gasteiger partial charge in [0.25, 0.3) is 11.8 Å². The van der Waals surface area contributed by atoms with E-state index in [1.54, 1.807) is 70.9 Å². The van der Waals surface area contributed by atoms with Gasteiger partial charge in [-0.05, 0) is 43.5 Å². The number of benzene rings is 1. The Hall–Kier alpha value is -7.15. The number of carbonyl (C=O) groups excluding carboxylic acids is 6. The number of thiazole rings is 6. The molecule has 416 valence electrons. The molecule has 5 amide bonds. The lowest BCUT2D eigenvalue weighted by molar-refractivity contribution is -0.122. The zero-order valence-corrected chi connectivity index (χ0v) is 48.5. The van der Waals surface area contributed by atoms with Crippen LogP contribution in [0.4, 0.5) is 10.6 Å². The summed E-state index contributed by atoms with van der Waals surface area (Å²) in [5.41, 5.74) is 8.49. The Balaban J connectivity index is 1.12. The number of anilines is 1. The molecule has 0 saturated carbocycles. The average molecular weight is 1200 g/mol. The quantitative estimate of drug-likeness (QED) is 0.0568. The van der Waals surface area contributed by atoms with Gasteiger partial charge in [-0.25, -0.2) is 39.7 Å². The minimum absolute atomic E-state index is 0.0306. The average Bonchev–Trinajstić information content (AvgIpc) is 4.37. The van der Waals surface area contributed by atoms with Crippen LogP contribution in [-0.2, 0) is 25.7 Å². The highest BCUT2D eigenvalue weighted by Gasteiger charge is 2.33. The van der Waals surface area contributed by atoms with Crippen LogP contribution in [-0.4, -0.2) is 109 Å². The number of aliphatic hydroxyl groups is 1. The van der Waals surface area contributed by atoms with Gasteiger partial charge in [0.15, 0.2) is 5.78 Å². The Kier molecular flexibility index (Phi) is 18.7. The lowest BCUT2D eigenvalue weighted by atomic mass is 9.90. The number of methoxy groups -OCH3 is 1. The van der Waals surface area contributed by atoms with E-state index in [2.05, 4.69) is 31.6 Å². The first-order valence-corrected chi connectivity index (χ1v) is 30.1. The van der Waals surface area contributed by atoms with Crippen molar-refractivity contribution < 1.29 is 43.3 Å². The number of hydrogen-bond acceptors (Lipinski definition) is 23. The maximum absolute atomic E-state index is 14.3. The number of Topliss-reactive ketones (excluding diaryl/α,β-unsaturated/α-hetero) is 1. The van der Waals surface area contributed by atoms with Crippen LogP contribution in [0.5, 0.6) is 0 Å². The van der Waals surface area contributed by atoms with E-state index in [4.69, 9.17) is 45.1 Å². The van der Waals surface area contributed by atoms with Gasteiger partial charge in [0.05, 0.1) is 47.8 Å². The summed E-state index contributed by atoms with van der Waals surface area (Å²) in [4.78, 5) is 117. The highest BCUT2D eigenvalue weighted by atomic mass is 32.1. The van der Waals surface area contributed by atoms with Crippen molar-refractivity contribution in [3.05, 3.63) is 111 Å². The van der Waals surface area contributed by atoms with E-state index in [0.717, 1.165) is 0 Å². The van der Waals surface area contributed by atoms with Gasteiger partial charge in [-0.15, -0.1) is 68.0 Å². The number of nitrogens with one attached hydrogen (secondary N) is 5. The van der Waals surface area contributed by atoms with Crippen molar-refractivity contribution in [2.24, 2.45) is 11.7 Å². The third-order valence-corrected chi connectivity index (χ3v) is 18.2. The van der Waals surface area contributed by atoms with E-state index in [9.17, 15) is 33.9 Å². The largest absolute Gasteiger partial charge is 0.449 e. The topological polar surface area (TPSA) is 318 Å². The predicted octanol–water partition coefficient (Wildman–Crippen LogP) is 8.09. The Morgan fingerprint density at radius 2 is 1.50 bits per heavy atom. The van der Waals surface area contributed by atoms with Crippen LogP contribution in [0.15, 0.2) is 64.0 Å². The number of hydrogen-bond donors (Lipinski definition) is 7. The van der Waals surface area contributed by atoms with E-state index in [-0.39, 0.29) is 66.6 Å². The van der Waals surface area contributed by atoms with Crippen LogP contribution < -0.4 is 32.3 Å². The molecule has 8 heterocycles. The van der Waals surface area contributed by atoms with Crippen LogP contribution in [0, 0.1) is 12.8 Å². The summed E-state index contributed by atoms with van der Waals surface area (Å²) in [5, 5.41) is 35.0. The number of aromatic nitrogens is 7. The van der Waals surface area contributed by atoms with Gasteiger partial charge in [-0.2, -0.15) is 0 Å². The fourth-order valence-corrected chi connectivity index (χ4v) is 13.9. The van der Waals surface area contributed by atoms with Gasteiger partial charge in [-0.1, -0.05) is 44.2 Å². The van der Waals surface area contributed by atoms with E-state index < -0.39 is 54.5 Å². The van der Waals surface area contributed by atoms with Gasteiger partial charge < -0.3 is 41.6 Å². The second-order valence-corrected chi connectivity index (χ2v) is 24.2. The minimum Gasteiger partial charge on any atom is -0.449 e. The van der Waals surface area contributed by atoms with E-state index in [1.807, 2.05) is 13.8 Å². The van der Waals surface area contributed by atoms with Crippen LogP contribution in [0.25, 0.3) is 43.4 Å². The number of aliphatic hydroxyl groups excluding tert-OH is 1. The summed E-state index contributed by atoms with van der Waals surface area (Å²) >= 11 is 7.31. The highest BCUT2D eigenvalue weighted by molar-refractivity contribution is 7.15. The van der Waals surface area contributed by atoms with Crippen molar-refractivity contribution in [3.63, 3.8) is 0 Å². The predicted molar refractivity (Wildman–Crippen MR) is 307 cm³/mol. The molecule has 0 fully saturated rings. The molecule has 9 rings (SSSR count). The molecule has 1 aliphatic heterocycles. The number of nitrogens with zero attached hydrogens (tertiary/aromatic N) is 7. The number of aryl methyl sites for hydroxylation is 1. The lowest BCUT2D eigenvalue weighted by Crippen LogP contribution is -2.40. The number of nitrogens with two attached hydrogens (primary N) is 1. The summed E-state index contributed by atoms with van der Waals surface area (Å²) in [6.45, 7) is 5.70. The molecule has 4 atom stereocenters. The molecule has 1 aliphatic rings. The molecule has 80 heavy (non-hydrogen) atoms. The number of rotatable bonds is 12. The van der Waals surface area contributed by atoms with Crippen molar-refractivity contribution >= 4 is 109 Å². The summed E-state index contributed by atoms with van der Waals surface area (Å²) < 4.78 is 10.7. The van der Waals surface area contributed by atoms with Crippen molar-refractivity contribution in [1.82, 2.24) is 56.2 Å². The minimum atomic E-state index is -1.26. The molecule has 10 bridgehead atoms. The molecule has 0 spiro atoms. The van der Waals surface area contributed by atoms with Gasteiger partial charge in [-0.3, -0.25) is 29.3 Å². The number of amides is 5. The normalized spacial score (nSPS) is 16.6. The maximum Gasteiger partial charge on any atom is 0.412 e. The number of carbonyl (C=O) groups is 6. The standard InChI is InChI=1S/C52H53N13O9S6/c1-24(2)28-16-34(66)39-25(3)79-50(64-39)30(17-37(67)54-4)57-44(70)32-21-75-46(59-32)27-12-13-29(48-61-36(23-78-48)62-52(72)74-15-9-14-53)56-40(27)31-20-76-49(58-31)33-22-77-51(60-33)42(43(69)26-10-7-6-8-11-26)63-38(68)18-55-45(71)41-35(19-73-5)80-47(28)65-41/h6-8,10-13,20-24,28,30,42-43,69H,9,14-19,53H2,1-5H3,(H,54,67)(H,55,71)(H,57,70)(H,62,72)(H,63,68)/t28-,30+,42+,43+/m1/s1. The van der Waals surface area contributed by atoms with Crippen LogP contribution in [0.1, 0.15) is 119 Å². The van der Waals surface area contributed by atoms with Crippen LogP contribution in [0.3, 0.4) is 0 Å². The first kappa shape index (κ1) is 57.5. The van der Waals surface area contributed by atoms with Gasteiger partial charge in [0.2, 0.25) is 11.8 Å². The number of pyridine rings is 1. The Morgan fingerprint density at radius 1 is 0.775 bits per heavy atom. The molecule has 22 nitrogen and oxygen atoms in total. The second-order valence-electron chi connectivity index (χ2n) is 18.4. The molecular weight excluding hydrogens is 1140 g/mol. The molecule has 0 saturated heterocycles. The maximum atomic E-state index is 14.3. The smallest absolute Gasteiger partial charge is 0.412 e. The van der Waals surface area contributed by atoms with Gasteiger partial charge in [0.1, 0.15) is 77.2 Å². The van der Waals surface area contributed by atoms with Crippen molar-refractivity contribution in [2.75, 3.05) is 39.2 Å². The number of fused-ring (bicyclic) bond motifs is 14. The zero-order chi connectivity index (χ0) is 56.6. The Labute approximate surface area is 482 Å². The van der Waals surface area contributed by atoms with Crippen LogP contribution >= 0.6 is 68.0 Å². The third-order valence-electron chi connectivity index (χ3n) is 12.4. The summed E-state index contributed by atoms with van der Waals surface area (Å²) in [5.74, 6) is -2.89. The Bertz CT molecular complexity index is 3550. The fourth-order valence-electron chi connectivity index (χ4n) is 8.29. The number of ketones is 1. The van der Waals surface area contributed by atoms with Gasteiger partial charge in [0, 0.05) is 58.5 Å².